The highest BCUT2D eigenvalue weighted by molar-refractivity contribution is 7.91. The molecule has 4 nitrogen and oxygen atoms in total. The predicted octanol–water partition coefficient (Wildman–Crippen LogP) is 2.86. The van der Waals surface area contributed by atoms with Crippen molar-refractivity contribution in [1.82, 2.24) is 4.57 Å². The molecule has 5 heteroatoms. The molecule has 1 heterocycles. The van der Waals surface area contributed by atoms with Crippen LogP contribution in [-0.2, 0) is 16.4 Å². The molecule has 0 aliphatic carbocycles. The van der Waals surface area contributed by atoms with Gasteiger partial charge in [0.15, 0.2) is 9.84 Å². The van der Waals surface area contributed by atoms with Gasteiger partial charge in [-0.15, -0.1) is 0 Å². The van der Waals surface area contributed by atoms with Crippen molar-refractivity contribution in [2.24, 2.45) is 0 Å². The zero-order valence-corrected chi connectivity index (χ0v) is 12.8. The van der Waals surface area contributed by atoms with Crippen LogP contribution >= 0.6 is 0 Å². The molecule has 0 aliphatic rings. The van der Waals surface area contributed by atoms with Gasteiger partial charge < -0.3 is 9.30 Å². The molecular formula is C15H21NO3S. The van der Waals surface area contributed by atoms with E-state index in [0.29, 0.717) is 19.6 Å². The molecule has 0 radical (unpaired) electrons. The normalized spacial score (nSPS) is 11.9. The number of aromatic nitrogens is 1. The Morgan fingerprint density at radius 2 is 1.95 bits per heavy atom. The van der Waals surface area contributed by atoms with Gasteiger partial charge in [-0.3, -0.25) is 0 Å². The van der Waals surface area contributed by atoms with Crippen molar-refractivity contribution >= 4 is 20.7 Å². The van der Waals surface area contributed by atoms with Crippen LogP contribution in [0, 0.1) is 0 Å². The Hall–Kier alpha value is -1.49. The molecule has 110 valence electrons. The zero-order chi connectivity index (χ0) is 14.6. The molecule has 0 N–H and O–H groups in total. The molecule has 1 aromatic carbocycles. The van der Waals surface area contributed by atoms with Gasteiger partial charge in [0, 0.05) is 23.9 Å². The Morgan fingerprint density at radius 1 is 1.15 bits per heavy atom. The monoisotopic (exact) mass is 295 g/mol. The fraction of sp³-hybridized carbons (Fsp3) is 0.467. The lowest BCUT2D eigenvalue weighted by Crippen LogP contribution is -2.15. The van der Waals surface area contributed by atoms with E-state index in [1.165, 1.54) is 0 Å². The minimum absolute atomic E-state index is 0.184. The predicted molar refractivity (Wildman–Crippen MR) is 82.1 cm³/mol. The molecular weight excluding hydrogens is 274 g/mol. The third-order valence-corrected chi connectivity index (χ3v) is 5.07. The summed E-state index contributed by atoms with van der Waals surface area (Å²) in [5.41, 5.74) is 1.02. The first-order chi connectivity index (χ1) is 9.57. The molecule has 0 atom stereocenters. The maximum Gasteiger partial charge on any atom is 0.152 e. The SMILES string of the molecule is CCCS(=O)(=O)CCn1ccc2c(OCC)cccc21. The van der Waals surface area contributed by atoms with E-state index in [4.69, 9.17) is 4.74 Å². The lowest BCUT2D eigenvalue weighted by molar-refractivity contribution is 0.344. The van der Waals surface area contributed by atoms with E-state index < -0.39 is 9.84 Å². The van der Waals surface area contributed by atoms with Crippen LogP contribution in [0.4, 0.5) is 0 Å². The van der Waals surface area contributed by atoms with Crippen LogP contribution in [0.2, 0.25) is 0 Å². The highest BCUT2D eigenvalue weighted by atomic mass is 32.2. The standard InChI is InChI=1S/C15H21NO3S/c1-3-11-20(17,18)12-10-16-9-8-13-14(16)6-5-7-15(13)19-4-2/h5-9H,3-4,10-12H2,1-2H3. The number of hydrogen-bond acceptors (Lipinski definition) is 3. The van der Waals surface area contributed by atoms with Crippen molar-refractivity contribution in [2.45, 2.75) is 26.8 Å². The molecule has 1 aromatic heterocycles. The molecule has 0 bridgehead atoms. The van der Waals surface area contributed by atoms with Crippen LogP contribution in [0.1, 0.15) is 20.3 Å². The Bertz CT molecular complexity index is 673. The first-order valence-corrected chi connectivity index (χ1v) is 8.80. The first-order valence-electron chi connectivity index (χ1n) is 6.98. The number of nitrogens with zero attached hydrogens (tertiary/aromatic N) is 1. The molecule has 2 rings (SSSR count). The van der Waals surface area contributed by atoms with E-state index in [1.807, 2.05) is 48.9 Å². The maximum atomic E-state index is 11.8. The van der Waals surface area contributed by atoms with Gasteiger partial charge in [0.25, 0.3) is 0 Å². The Morgan fingerprint density at radius 3 is 2.65 bits per heavy atom. The summed E-state index contributed by atoms with van der Waals surface area (Å²) >= 11 is 0. The number of ether oxygens (including phenoxy) is 1. The summed E-state index contributed by atoms with van der Waals surface area (Å²) in [6.45, 7) is 4.95. The van der Waals surface area contributed by atoms with Gasteiger partial charge >= 0.3 is 0 Å². The number of benzene rings is 1. The van der Waals surface area contributed by atoms with E-state index >= 15 is 0 Å². The Kier molecular flexibility index (Phi) is 4.70. The van der Waals surface area contributed by atoms with E-state index in [2.05, 4.69) is 0 Å². The van der Waals surface area contributed by atoms with Crippen molar-refractivity contribution in [3.63, 3.8) is 0 Å². The summed E-state index contributed by atoms with van der Waals surface area (Å²) < 4.78 is 31.1. The van der Waals surface area contributed by atoms with Crippen LogP contribution in [-0.4, -0.2) is 31.1 Å². The average Bonchev–Trinajstić information content (AvgIpc) is 2.81. The molecule has 0 spiro atoms. The van der Waals surface area contributed by atoms with Crippen molar-refractivity contribution in [1.29, 1.82) is 0 Å². The molecule has 0 fully saturated rings. The number of fused-ring (bicyclic) bond motifs is 1. The van der Waals surface area contributed by atoms with Gasteiger partial charge in [-0.25, -0.2) is 8.42 Å². The van der Waals surface area contributed by atoms with Gasteiger partial charge in [0.05, 0.1) is 17.9 Å². The van der Waals surface area contributed by atoms with Crippen LogP contribution in [0.15, 0.2) is 30.5 Å². The van der Waals surface area contributed by atoms with Crippen molar-refractivity contribution in [2.75, 3.05) is 18.1 Å². The van der Waals surface area contributed by atoms with Gasteiger partial charge in [-0.1, -0.05) is 13.0 Å². The third kappa shape index (κ3) is 3.33. The van der Waals surface area contributed by atoms with Gasteiger partial charge in [-0.05, 0) is 31.5 Å². The summed E-state index contributed by atoms with van der Waals surface area (Å²) in [6, 6.07) is 7.84. The quantitative estimate of drug-likeness (QED) is 0.789. The molecule has 0 unspecified atom stereocenters. The second-order valence-electron chi connectivity index (χ2n) is 4.78. The maximum absolute atomic E-state index is 11.8. The van der Waals surface area contributed by atoms with Crippen LogP contribution in [0.3, 0.4) is 0 Å². The average molecular weight is 295 g/mol. The number of rotatable bonds is 7. The second kappa shape index (κ2) is 6.31. The van der Waals surface area contributed by atoms with E-state index in [0.717, 1.165) is 16.7 Å². The molecule has 0 saturated carbocycles. The Balaban J connectivity index is 2.22. The smallest absolute Gasteiger partial charge is 0.152 e. The zero-order valence-electron chi connectivity index (χ0n) is 12.0. The highest BCUT2D eigenvalue weighted by Crippen LogP contribution is 2.26. The van der Waals surface area contributed by atoms with Gasteiger partial charge in [0.1, 0.15) is 5.75 Å². The topological polar surface area (TPSA) is 48.3 Å². The van der Waals surface area contributed by atoms with Gasteiger partial charge in [0.2, 0.25) is 0 Å². The minimum Gasteiger partial charge on any atom is -0.493 e. The number of aryl methyl sites for hydroxylation is 1. The molecule has 20 heavy (non-hydrogen) atoms. The molecule has 0 saturated heterocycles. The molecule has 0 amide bonds. The van der Waals surface area contributed by atoms with Crippen LogP contribution < -0.4 is 4.74 Å². The fourth-order valence-corrected chi connectivity index (χ4v) is 3.62. The fourth-order valence-electron chi connectivity index (χ4n) is 2.32. The van der Waals surface area contributed by atoms with E-state index in [-0.39, 0.29) is 11.5 Å². The lowest BCUT2D eigenvalue weighted by Gasteiger charge is -2.08. The first kappa shape index (κ1) is 14.9. The van der Waals surface area contributed by atoms with Gasteiger partial charge in [-0.2, -0.15) is 0 Å². The highest BCUT2D eigenvalue weighted by Gasteiger charge is 2.11. The summed E-state index contributed by atoms with van der Waals surface area (Å²) in [6.07, 6.45) is 2.60. The molecule has 0 aliphatic heterocycles. The van der Waals surface area contributed by atoms with Crippen molar-refractivity contribution in [3.8, 4) is 5.75 Å². The number of sulfone groups is 1. The summed E-state index contributed by atoms with van der Waals surface area (Å²) in [5.74, 6) is 1.29. The minimum atomic E-state index is -2.95. The van der Waals surface area contributed by atoms with Crippen LogP contribution in [0.5, 0.6) is 5.75 Å². The summed E-state index contributed by atoms with van der Waals surface area (Å²) in [5, 5.41) is 1.03. The second-order valence-corrected chi connectivity index (χ2v) is 7.09. The van der Waals surface area contributed by atoms with E-state index in [1.54, 1.807) is 0 Å². The number of hydrogen-bond donors (Lipinski definition) is 0. The largest absolute Gasteiger partial charge is 0.493 e. The lowest BCUT2D eigenvalue weighted by atomic mass is 10.2. The molecule has 2 aromatic rings. The van der Waals surface area contributed by atoms with Crippen molar-refractivity contribution < 1.29 is 13.2 Å². The summed E-state index contributed by atoms with van der Waals surface area (Å²) in [7, 11) is -2.95. The van der Waals surface area contributed by atoms with Crippen LogP contribution in [0.25, 0.3) is 10.9 Å². The van der Waals surface area contributed by atoms with E-state index in [9.17, 15) is 8.42 Å². The third-order valence-electron chi connectivity index (χ3n) is 3.23. The Labute approximate surface area is 120 Å². The van der Waals surface area contributed by atoms with Crippen molar-refractivity contribution in [3.05, 3.63) is 30.5 Å². The summed E-state index contributed by atoms with van der Waals surface area (Å²) in [4.78, 5) is 0.